The number of anilines is 1. The van der Waals surface area contributed by atoms with Gasteiger partial charge in [0.1, 0.15) is 6.04 Å². The number of benzene rings is 1. The normalized spacial score (nSPS) is 17.6. The summed E-state index contributed by atoms with van der Waals surface area (Å²) < 4.78 is 0. The molecule has 23 heavy (non-hydrogen) atoms. The first kappa shape index (κ1) is 15.7. The molecule has 4 nitrogen and oxygen atoms in total. The summed E-state index contributed by atoms with van der Waals surface area (Å²) in [6, 6.07) is 9.47. The van der Waals surface area contributed by atoms with Crippen LogP contribution in [0, 0.1) is 13.8 Å². The van der Waals surface area contributed by atoms with E-state index in [2.05, 4.69) is 12.2 Å². The second kappa shape index (κ2) is 6.54. The van der Waals surface area contributed by atoms with Gasteiger partial charge in [-0.05, 0) is 55.0 Å². The van der Waals surface area contributed by atoms with Crippen LogP contribution in [-0.4, -0.2) is 24.4 Å². The van der Waals surface area contributed by atoms with Crippen LogP contribution in [0.4, 0.5) is 5.69 Å². The number of hydrogen-bond acceptors (Lipinski definition) is 3. The van der Waals surface area contributed by atoms with Crippen molar-refractivity contribution in [1.82, 2.24) is 5.32 Å². The van der Waals surface area contributed by atoms with Crippen LogP contribution in [0.1, 0.15) is 22.4 Å². The van der Waals surface area contributed by atoms with Gasteiger partial charge in [-0.1, -0.05) is 12.1 Å². The lowest BCUT2D eigenvalue weighted by Crippen LogP contribution is -2.42. The van der Waals surface area contributed by atoms with Gasteiger partial charge in [-0.3, -0.25) is 9.59 Å². The predicted molar refractivity (Wildman–Crippen MR) is 92.8 cm³/mol. The monoisotopic (exact) mass is 328 g/mol. The number of aryl methyl sites for hydroxylation is 2. The fraction of sp³-hybridized carbons (Fsp3) is 0.333. The summed E-state index contributed by atoms with van der Waals surface area (Å²) in [5.74, 6) is -0.111. The molecular weight excluding hydrogens is 308 g/mol. The molecule has 1 atom stereocenters. The summed E-state index contributed by atoms with van der Waals surface area (Å²) in [6.07, 6.45) is 0.993. The lowest BCUT2D eigenvalue weighted by molar-refractivity contribution is -0.126. The summed E-state index contributed by atoms with van der Waals surface area (Å²) in [7, 11) is 0. The SMILES string of the molecule is Cc1ccc(N2CCC(NC(=O)Cc3cccs3)C2=O)cc1C. The second-order valence-electron chi connectivity index (χ2n) is 5.92. The van der Waals surface area contributed by atoms with E-state index in [0.717, 1.165) is 10.6 Å². The quantitative estimate of drug-likeness (QED) is 0.938. The molecule has 0 bridgehead atoms. The lowest BCUT2D eigenvalue weighted by atomic mass is 10.1. The van der Waals surface area contributed by atoms with Crippen LogP contribution in [-0.2, 0) is 16.0 Å². The lowest BCUT2D eigenvalue weighted by Gasteiger charge is -2.18. The van der Waals surface area contributed by atoms with Crippen LogP contribution >= 0.6 is 11.3 Å². The van der Waals surface area contributed by atoms with Crippen LogP contribution in [0.5, 0.6) is 0 Å². The molecule has 0 radical (unpaired) electrons. The third-order valence-electron chi connectivity index (χ3n) is 4.26. The number of nitrogens with zero attached hydrogens (tertiary/aromatic N) is 1. The molecular formula is C18H20N2O2S. The molecule has 2 aromatic rings. The van der Waals surface area contributed by atoms with E-state index in [-0.39, 0.29) is 11.8 Å². The Hall–Kier alpha value is -2.14. The zero-order valence-electron chi connectivity index (χ0n) is 13.3. The topological polar surface area (TPSA) is 49.4 Å². The molecule has 0 saturated carbocycles. The minimum absolute atomic E-state index is 0.0206. The predicted octanol–water partition coefficient (Wildman–Crippen LogP) is 2.83. The highest BCUT2D eigenvalue weighted by atomic mass is 32.1. The van der Waals surface area contributed by atoms with Crippen molar-refractivity contribution in [1.29, 1.82) is 0 Å². The second-order valence-corrected chi connectivity index (χ2v) is 6.96. The summed E-state index contributed by atoms with van der Waals surface area (Å²) in [5, 5.41) is 4.82. The van der Waals surface area contributed by atoms with E-state index in [1.54, 1.807) is 16.2 Å². The van der Waals surface area contributed by atoms with E-state index in [1.807, 2.05) is 42.6 Å². The first-order valence-electron chi connectivity index (χ1n) is 7.75. The van der Waals surface area contributed by atoms with Crippen molar-refractivity contribution >= 4 is 28.8 Å². The summed E-state index contributed by atoms with van der Waals surface area (Å²) in [6.45, 7) is 4.74. The molecule has 1 aliphatic rings. The molecule has 1 saturated heterocycles. The highest BCUT2D eigenvalue weighted by Gasteiger charge is 2.33. The van der Waals surface area contributed by atoms with E-state index in [4.69, 9.17) is 0 Å². The number of hydrogen-bond donors (Lipinski definition) is 1. The van der Waals surface area contributed by atoms with Crippen LogP contribution in [0.2, 0.25) is 0 Å². The van der Waals surface area contributed by atoms with Gasteiger partial charge in [0.15, 0.2) is 0 Å². The summed E-state index contributed by atoms with van der Waals surface area (Å²) in [5.41, 5.74) is 3.29. The highest BCUT2D eigenvalue weighted by molar-refractivity contribution is 7.10. The Kier molecular flexibility index (Phi) is 4.48. The summed E-state index contributed by atoms with van der Waals surface area (Å²) in [4.78, 5) is 27.4. The summed E-state index contributed by atoms with van der Waals surface area (Å²) >= 11 is 1.55. The van der Waals surface area contributed by atoms with Crippen LogP contribution in [0.25, 0.3) is 0 Å². The van der Waals surface area contributed by atoms with Crippen molar-refractivity contribution in [2.45, 2.75) is 32.7 Å². The van der Waals surface area contributed by atoms with E-state index in [1.165, 1.54) is 11.1 Å². The minimum Gasteiger partial charge on any atom is -0.344 e. The van der Waals surface area contributed by atoms with Crippen molar-refractivity contribution in [3.05, 3.63) is 51.7 Å². The molecule has 2 heterocycles. The van der Waals surface area contributed by atoms with Crippen molar-refractivity contribution in [3.63, 3.8) is 0 Å². The Bertz CT molecular complexity index is 725. The van der Waals surface area contributed by atoms with Gasteiger partial charge in [-0.2, -0.15) is 0 Å². The largest absolute Gasteiger partial charge is 0.344 e. The molecule has 120 valence electrons. The smallest absolute Gasteiger partial charge is 0.249 e. The molecule has 3 rings (SSSR count). The van der Waals surface area contributed by atoms with E-state index in [9.17, 15) is 9.59 Å². The number of carbonyl (C=O) groups is 2. The van der Waals surface area contributed by atoms with Crippen molar-refractivity contribution < 1.29 is 9.59 Å². The molecule has 1 fully saturated rings. The maximum atomic E-state index is 12.6. The number of rotatable bonds is 4. The average Bonchev–Trinajstić information content (AvgIpc) is 3.13. The van der Waals surface area contributed by atoms with Gasteiger partial charge in [-0.15, -0.1) is 11.3 Å². The molecule has 0 aliphatic carbocycles. The van der Waals surface area contributed by atoms with Crippen LogP contribution < -0.4 is 10.2 Å². The number of amides is 2. The van der Waals surface area contributed by atoms with Gasteiger partial charge in [0.2, 0.25) is 11.8 Å². The fourth-order valence-electron chi connectivity index (χ4n) is 2.78. The van der Waals surface area contributed by atoms with Crippen LogP contribution in [0.3, 0.4) is 0 Å². The van der Waals surface area contributed by atoms with Gasteiger partial charge in [0.25, 0.3) is 0 Å². The molecule has 1 unspecified atom stereocenters. The third kappa shape index (κ3) is 3.45. The van der Waals surface area contributed by atoms with E-state index >= 15 is 0 Å². The molecule has 1 aromatic heterocycles. The zero-order valence-corrected chi connectivity index (χ0v) is 14.2. The maximum Gasteiger partial charge on any atom is 0.249 e. The highest BCUT2D eigenvalue weighted by Crippen LogP contribution is 2.24. The van der Waals surface area contributed by atoms with Crippen molar-refractivity contribution in [3.8, 4) is 0 Å². The molecule has 1 aromatic carbocycles. The Morgan fingerprint density at radius 3 is 2.83 bits per heavy atom. The zero-order chi connectivity index (χ0) is 16.4. The van der Waals surface area contributed by atoms with Gasteiger partial charge in [-0.25, -0.2) is 0 Å². The van der Waals surface area contributed by atoms with Gasteiger partial charge >= 0.3 is 0 Å². The Balaban J connectivity index is 1.64. The number of nitrogens with one attached hydrogen (secondary N) is 1. The Morgan fingerprint density at radius 2 is 2.13 bits per heavy atom. The molecule has 1 aliphatic heterocycles. The minimum atomic E-state index is -0.413. The average molecular weight is 328 g/mol. The first-order valence-corrected chi connectivity index (χ1v) is 8.63. The first-order chi connectivity index (χ1) is 11.0. The van der Waals surface area contributed by atoms with E-state index in [0.29, 0.717) is 19.4 Å². The molecule has 2 amide bonds. The number of carbonyl (C=O) groups excluding carboxylic acids is 2. The van der Waals surface area contributed by atoms with Crippen molar-refractivity contribution in [2.75, 3.05) is 11.4 Å². The Morgan fingerprint density at radius 1 is 1.30 bits per heavy atom. The standard InChI is InChI=1S/C18H20N2O2S/c1-12-5-6-14(10-13(12)2)20-8-7-16(18(20)22)19-17(21)11-15-4-3-9-23-15/h3-6,9-10,16H,7-8,11H2,1-2H3,(H,19,21). The third-order valence-corrected chi connectivity index (χ3v) is 5.13. The fourth-order valence-corrected chi connectivity index (χ4v) is 3.48. The van der Waals surface area contributed by atoms with Gasteiger partial charge < -0.3 is 10.2 Å². The van der Waals surface area contributed by atoms with Crippen molar-refractivity contribution in [2.24, 2.45) is 0 Å². The molecule has 0 spiro atoms. The maximum absolute atomic E-state index is 12.6. The Labute approximate surface area is 140 Å². The molecule has 5 heteroatoms. The van der Waals surface area contributed by atoms with Crippen LogP contribution in [0.15, 0.2) is 35.7 Å². The van der Waals surface area contributed by atoms with Gasteiger partial charge in [0.05, 0.1) is 6.42 Å². The molecule has 1 N–H and O–H groups in total. The number of thiophene rings is 1. The van der Waals surface area contributed by atoms with E-state index < -0.39 is 6.04 Å². The van der Waals surface area contributed by atoms with Gasteiger partial charge in [0, 0.05) is 17.1 Å².